The van der Waals surface area contributed by atoms with E-state index in [2.05, 4.69) is 31.3 Å². The van der Waals surface area contributed by atoms with Gasteiger partial charge in [-0.05, 0) is 24.6 Å². The number of anilines is 1. The molecule has 2 amide bonds. The Kier molecular flexibility index (Phi) is 6.16. The summed E-state index contributed by atoms with van der Waals surface area (Å²) in [7, 11) is 1.15. The van der Waals surface area contributed by atoms with Gasteiger partial charge < -0.3 is 20.5 Å². The number of aryl methyl sites for hydroxylation is 1. The fourth-order valence-electron chi connectivity index (χ4n) is 1.50. The fourth-order valence-corrected chi connectivity index (χ4v) is 1.86. The van der Waals surface area contributed by atoms with Crippen molar-refractivity contribution in [1.29, 1.82) is 0 Å². The number of carbonyl (C=O) groups excluding carboxylic acids is 2. The Bertz CT molecular complexity index is 561. The number of hydrogen-bond acceptors (Lipinski definition) is 4. The van der Waals surface area contributed by atoms with Crippen molar-refractivity contribution in [2.75, 3.05) is 12.4 Å². The molecule has 1 rings (SSSR count). The number of carboxylic acids is 1. The third kappa shape index (κ3) is 5.42. The number of halogens is 1. The van der Waals surface area contributed by atoms with Gasteiger partial charge in [0.1, 0.15) is 6.04 Å². The Hall–Kier alpha value is -2.09. The molecule has 8 heteroatoms. The summed E-state index contributed by atoms with van der Waals surface area (Å²) in [5.74, 6) is -2.04. The smallest absolute Gasteiger partial charge is 0.326 e. The SMILES string of the molecule is COC(=O)C[C@H](NC(=O)Nc1cc(Br)ccc1C)C(=O)O. The van der Waals surface area contributed by atoms with Gasteiger partial charge in [-0.15, -0.1) is 0 Å². The van der Waals surface area contributed by atoms with E-state index in [4.69, 9.17) is 5.11 Å². The van der Waals surface area contributed by atoms with Crippen LogP contribution in [-0.4, -0.2) is 36.2 Å². The maximum absolute atomic E-state index is 11.8. The molecule has 1 aromatic carbocycles. The first-order valence-corrected chi connectivity index (χ1v) is 6.76. The van der Waals surface area contributed by atoms with Crippen LogP contribution in [0.3, 0.4) is 0 Å². The van der Waals surface area contributed by atoms with E-state index in [1.165, 1.54) is 0 Å². The van der Waals surface area contributed by atoms with Crippen LogP contribution in [0.15, 0.2) is 22.7 Å². The molecular formula is C13H15BrN2O5. The van der Waals surface area contributed by atoms with Gasteiger partial charge in [0.15, 0.2) is 0 Å². The minimum atomic E-state index is -1.36. The van der Waals surface area contributed by atoms with Crippen molar-refractivity contribution in [2.45, 2.75) is 19.4 Å². The van der Waals surface area contributed by atoms with Gasteiger partial charge in [0.05, 0.1) is 13.5 Å². The molecule has 3 N–H and O–H groups in total. The first-order chi connectivity index (χ1) is 9.83. The molecule has 0 radical (unpaired) electrons. The fraction of sp³-hybridized carbons (Fsp3) is 0.308. The number of benzene rings is 1. The molecule has 0 saturated heterocycles. The zero-order chi connectivity index (χ0) is 16.0. The van der Waals surface area contributed by atoms with Crippen molar-refractivity contribution >= 4 is 39.6 Å². The molecule has 0 unspecified atom stereocenters. The average Bonchev–Trinajstić information content (AvgIpc) is 2.41. The van der Waals surface area contributed by atoms with E-state index in [-0.39, 0.29) is 0 Å². The number of carboxylic acid groups (broad SMARTS) is 1. The van der Waals surface area contributed by atoms with Crippen molar-refractivity contribution < 1.29 is 24.2 Å². The van der Waals surface area contributed by atoms with Crippen LogP contribution in [0.4, 0.5) is 10.5 Å². The molecule has 0 aliphatic heterocycles. The van der Waals surface area contributed by atoms with E-state index in [1.807, 2.05) is 6.07 Å². The molecule has 7 nitrogen and oxygen atoms in total. The Balaban J connectivity index is 2.72. The number of carbonyl (C=O) groups is 3. The normalized spacial score (nSPS) is 11.4. The minimum absolute atomic E-state index is 0.448. The monoisotopic (exact) mass is 358 g/mol. The van der Waals surface area contributed by atoms with E-state index >= 15 is 0 Å². The first-order valence-electron chi connectivity index (χ1n) is 5.96. The molecular weight excluding hydrogens is 344 g/mol. The van der Waals surface area contributed by atoms with Crippen molar-refractivity contribution in [3.63, 3.8) is 0 Å². The van der Waals surface area contributed by atoms with Gasteiger partial charge in [-0.2, -0.15) is 0 Å². The highest BCUT2D eigenvalue weighted by atomic mass is 79.9. The highest BCUT2D eigenvalue weighted by Gasteiger charge is 2.23. The minimum Gasteiger partial charge on any atom is -0.480 e. The van der Waals surface area contributed by atoms with Crippen LogP contribution in [0.5, 0.6) is 0 Å². The Morgan fingerprint density at radius 3 is 2.62 bits per heavy atom. The Labute approximate surface area is 129 Å². The molecule has 0 heterocycles. The molecule has 0 fully saturated rings. The first kappa shape index (κ1) is 17.0. The second kappa shape index (κ2) is 7.63. The zero-order valence-corrected chi connectivity index (χ0v) is 13.1. The van der Waals surface area contributed by atoms with Crippen LogP contribution in [0.25, 0.3) is 0 Å². The second-order valence-corrected chi connectivity index (χ2v) is 5.14. The van der Waals surface area contributed by atoms with Crippen LogP contribution in [-0.2, 0) is 14.3 Å². The lowest BCUT2D eigenvalue weighted by atomic mass is 10.2. The van der Waals surface area contributed by atoms with Gasteiger partial charge in [-0.3, -0.25) is 4.79 Å². The maximum Gasteiger partial charge on any atom is 0.326 e. The highest BCUT2D eigenvalue weighted by Crippen LogP contribution is 2.20. The average molecular weight is 359 g/mol. The number of hydrogen-bond donors (Lipinski definition) is 3. The van der Waals surface area contributed by atoms with Gasteiger partial charge >= 0.3 is 18.0 Å². The molecule has 0 spiro atoms. The molecule has 0 aliphatic carbocycles. The number of methoxy groups -OCH3 is 1. The zero-order valence-electron chi connectivity index (χ0n) is 11.5. The quantitative estimate of drug-likeness (QED) is 0.697. The number of ether oxygens (including phenoxy) is 1. The van der Waals surface area contributed by atoms with E-state index in [9.17, 15) is 14.4 Å². The van der Waals surface area contributed by atoms with E-state index in [1.54, 1.807) is 19.1 Å². The Morgan fingerprint density at radius 2 is 2.05 bits per heavy atom. The summed E-state index contributed by atoms with van der Waals surface area (Å²) in [4.78, 5) is 33.9. The standard InChI is InChI=1S/C13H15BrN2O5/c1-7-3-4-8(14)5-9(7)15-13(20)16-10(12(18)19)6-11(17)21-2/h3-5,10H,6H2,1-2H3,(H,18,19)(H2,15,16,20)/t10-/m0/s1. The molecule has 0 aliphatic rings. The van der Waals surface area contributed by atoms with Gasteiger partial charge in [-0.1, -0.05) is 22.0 Å². The summed E-state index contributed by atoms with van der Waals surface area (Å²) in [6.45, 7) is 1.80. The topological polar surface area (TPSA) is 105 Å². The van der Waals surface area contributed by atoms with Crippen molar-refractivity contribution in [2.24, 2.45) is 0 Å². The summed E-state index contributed by atoms with van der Waals surface area (Å²) in [6, 6.07) is 3.22. The summed E-state index contributed by atoms with van der Waals surface area (Å²) in [5, 5.41) is 13.7. The molecule has 0 bridgehead atoms. The lowest BCUT2D eigenvalue weighted by Gasteiger charge is -2.15. The predicted octanol–water partition coefficient (Wildman–Crippen LogP) is 1.90. The lowest BCUT2D eigenvalue weighted by Crippen LogP contribution is -2.44. The number of aliphatic carboxylic acids is 1. The van der Waals surface area contributed by atoms with Gasteiger partial charge in [-0.25, -0.2) is 9.59 Å². The van der Waals surface area contributed by atoms with Crippen LogP contribution in [0, 0.1) is 6.92 Å². The third-order valence-corrected chi connectivity index (χ3v) is 3.14. The molecule has 1 atom stereocenters. The van der Waals surface area contributed by atoms with Crippen molar-refractivity contribution in [3.05, 3.63) is 28.2 Å². The van der Waals surface area contributed by atoms with Gasteiger partial charge in [0.2, 0.25) is 0 Å². The summed E-state index contributed by atoms with van der Waals surface area (Å²) >= 11 is 3.28. The largest absolute Gasteiger partial charge is 0.480 e. The van der Waals surface area contributed by atoms with Crippen molar-refractivity contribution in [1.82, 2.24) is 5.32 Å². The molecule has 0 aromatic heterocycles. The van der Waals surface area contributed by atoms with Crippen LogP contribution in [0.1, 0.15) is 12.0 Å². The highest BCUT2D eigenvalue weighted by molar-refractivity contribution is 9.10. The molecule has 21 heavy (non-hydrogen) atoms. The number of amides is 2. The third-order valence-electron chi connectivity index (χ3n) is 2.65. The lowest BCUT2D eigenvalue weighted by molar-refractivity contribution is -0.147. The number of nitrogens with one attached hydrogen (secondary N) is 2. The summed E-state index contributed by atoms with van der Waals surface area (Å²) in [6.07, 6.45) is -0.448. The van der Waals surface area contributed by atoms with Crippen LogP contribution in [0.2, 0.25) is 0 Å². The molecule has 0 saturated carbocycles. The molecule has 1 aromatic rings. The van der Waals surface area contributed by atoms with Gasteiger partial charge in [0.25, 0.3) is 0 Å². The number of rotatable bonds is 5. The summed E-state index contributed by atoms with van der Waals surface area (Å²) < 4.78 is 5.16. The molecule has 114 valence electrons. The number of esters is 1. The van der Waals surface area contributed by atoms with Crippen LogP contribution >= 0.6 is 15.9 Å². The second-order valence-electron chi connectivity index (χ2n) is 4.23. The summed E-state index contributed by atoms with van der Waals surface area (Å²) in [5.41, 5.74) is 1.34. The number of urea groups is 1. The van der Waals surface area contributed by atoms with E-state index < -0.39 is 30.4 Å². The van der Waals surface area contributed by atoms with Crippen molar-refractivity contribution in [3.8, 4) is 0 Å². The van der Waals surface area contributed by atoms with E-state index in [0.29, 0.717) is 5.69 Å². The maximum atomic E-state index is 11.8. The van der Waals surface area contributed by atoms with Crippen LogP contribution < -0.4 is 10.6 Å². The van der Waals surface area contributed by atoms with E-state index in [0.717, 1.165) is 17.1 Å². The predicted molar refractivity (Wildman–Crippen MR) is 79.1 cm³/mol. The Morgan fingerprint density at radius 1 is 1.38 bits per heavy atom. The van der Waals surface area contributed by atoms with Gasteiger partial charge in [0, 0.05) is 10.2 Å².